The van der Waals surface area contributed by atoms with Crippen LogP contribution < -0.4 is 5.32 Å². The molecule has 0 saturated heterocycles. The summed E-state index contributed by atoms with van der Waals surface area (Å²) in [5.74, 6) is 0.504. The molecule has 0 aromatic carbocycles. The molecule has 1 N–H and O–H groups in total. The van der Waals surface area contributed by atoms with E-state index in [0.717, 1.165) is 30.7 Å². The van der Waals surface area contributed by atoms with E-state index in [1.807, 2.05) is 18.7 Å². The Morgan fingerprint density at radius 2 is 2.38 bits per heavy atom. The Hall–Kier alpha value is -1.32. The summed E-state index contributed by atoms with van der Waals surface area (Å²) < 4.78 is 1.86. The van der Waals surface area contributed by atoms with Crippen LogP contribution in [0, 0.1) is 12.8 Å². The fourth-order valence-electron chi connectivity index (χ4n) is 1.89. The molecular formula is C12H19N3O. The predicted molar refractivity (Wildman–Crippen MR) is 62.0 cm³/mol. The minimum atomic E-state index is 0.221. The number of aromatic nitrogens is 2. The van der Waals surface area contributed by atoms with Gasteiger partial charge in [-0.05, 0) is 25.8 Å². The predicted octanol–water partition coefficient (Wildman–Crippen LogP) is 1.19. The quantitative estimate of drug-likeness (QED) is 0.830. The maximum absolute atomic E-state index is 11.6. The molecule has 1 aliphatic rings. The number of nitrogens with one attached hydrogen (secondary N) is 1. The van der Waals surface area contributed by atoms with E-state index in [1.165, 1.54) is 6.42 Å². The van der Waals surface area contributed by atoms with Crippen LogP contribution in [0.2, 0.25) is 0 Å². The van der Waals surface area contributed by atoms with Gasteiger partial charge in [-0.1, -0.05) is 6.42 Å². The van der Waals surface area contributed by atoms with Gasteiger partial charge in [0.15, 0.2) is 0 Å². The van der Waals surface area contributed by atoms with Gasteiger partial charge in [-0.2, -0.15) is 5.10 Å². The summed E-state index contributed by atoms with van der Waals surface area (Å²) in [5.41, 5.74) is 2.20. The Kier molecular flexibility index (Phi) is 3.27. The third kappa shape index (κ3) is 2.43. The molecule has 88 valence electrons. The standard InChI is InChI=1S/C12H19N3O/c1-9-8-11(14-15(9)2)6-7-13-12(16)10-4-3-5-10/h8,10H,3-7H2,1-2H3,(H,13,16). The van der Waals surface area contributed by atoms with Gasteiger partial charge in [0.2, 0.25) is 5.91 Å². The molecule has 0 aliphatic heterocycles. The van der Waals surface area contributed by atoms with Crippen molar-refractivity contribution in [1.82, 2.24) is 15.1 Å². The Labute approximate surface area is 96.0 Å². The van der Waals surface area contributed by atoms with E-state index in [-0.39, 0.29) is 11.8 Å². The molecule has 4 heteroatoms. The Morgan fingerprint density at radius 3 is 2.88 bits per heavy atom. The van der Waals surface area contributed by atoms with E-state index in [4.69, 9.17) is 0 Å². The lowest BCUT2D eigenvalue weighted by molar-refractivity contribution is -0.127. The van der Waals surface area contributed by atoms with Crippen LogP contribution >= 0.6 is 0 Å². The van der Waals surface area contributed by atoms with E-state index in [1.54, 1.807) is 0 Å². The fraction of sp³-hybridized carbons (Fsp3) is 0.667. The van der Waals surface area contributed by atoms with Gasteiger partial charge in [0.05, 0.1) is 5.69 Å². The van der Waals surface area contributed by atoms with Crippen LogP contribution in [0.1, 0.15) is 30.7 Å². The fourth-order valence-corrected chi connectivity index (χ4v) is 1.89. The summed E-state index contributed by atoms with van der Waals surface area (Å²) in [5, 5.41) is 7.33. The zero-order valence-electron chi connectivity index (χ0n) is 9.99. The highest BCUT2D eigenvalue weighted by Crippen LogP contribution is 2.25. The topological polar surface area (TPSA) is 46.9 Å². The van der Waals surface area contributed by atoms with Crippen molar-refractivity contribution in [3.05, 3.63) is 17.5 Å². The van der Waals surface area contributed by atoms with E-state index < -0.39 is 0 Å². The number of hydrogen-bond acceptors (Lipinski definition) is 2. The monoisotopic (exact) mass is 221 g/mol. The molecule has 1 aliphatic carbocycles. The smallest absolute Gasteiger partial charge is 0.223 e. The maximum Gasteiger partial charge on any atom is 0.223 e. The van der Waals surface area contributed by atoms with Gasteiger partial charge in [-0.15, -0.1) is 0 Å². The van der Waals surface area contributed by atoms with Gasteiger partial charge < -0.3 is 5.32 Å². The Morgan fingerprint density at radius 1 is 1.62 bits per heavy atom. The molecule has 2 rings (SSSR count). The lowest BCUT2D eigenvalue weighted by atomic mass is 9.85. The van der Waals surface area contributed by atoms with Gasteiger partial charge in [0.25, 0.3) is 0 Å². The van der Waals surface area contributed by atoms with E-state index >= 15 is 0 Å². The highest BCUT2D eigenvalue weighted by atomic mass is 16.1. The molecule has 0 spiro atoms. The number of nitrogens with zero attached hydrogens (tertiary/aromatic N) is 2. The van der Waals surface area contributed by atoms with Gasteiger partial charge in [-0.3, -0.25) is 9.48 Å². The van der Waals surface area contributed by atoms with Crippen molar-refractivity contribution >= 4 is 5.91 Å². The van der Waals surface area contributed by atoms with Crippen LogP contribution in [0.3, 0.4) is 0 Å². The minimum absolute atomic E-state index is 0.221. The first-order chi connectivity index (χ1) is 7.66. The summed E-state index contributed by atoms with van der Waals surface area (Å²) in [4.78, 5) is 11.6. The Balaban J connectivity index is 1.73. The molecule has 1 aromatic rings. The molecule has 1 aromatic heterocycles. The van der Waals surface area contributed by atoms with Crippen LogP contribution in [-0.2, 0) is 18.3 Å². The highest BCUT2D eigenvalue weighted by molar-refractivity contribution is 5.79. The van der Waals surface area contributed by atoms with Gasteiger partial charge in [0, 0.05) is 31.6 Å². The average Bonchev–Trinajstić information content (AvgIpc) is 2.43. The van der Waals surface area contributed by atoms with Crippen LogP contribution in [-0.4, -0.2) is 22.2 Å². The average molecular weight is 221 g/mol. The third-order valence-corrected chi connectivity index (χ3v) is 3.32. The summed E-state index contributed by atoms with van der Waals surface area (Å²) in [7, 11) is 1.94. The molecule has 1 fully saturated rings. The number of aryl methyl sites for hydroxylation is 2. The molecule has 1 heterocycles. The van der Waals surface area contributed by atoms with E-state index in [9.17, 15) is 4.79 Å². The van der Waals surface area contributed by atoms with Gasteiger partial charge in [-0.25, -0.2) is 0 Å². The van der Waals surface area contributed by atoms with Crippen molar-refractivity contribution in [2.45, 2.75) is 32.6 Å². The van der Waals surface area contributed by atoms with Gasteiger partial charge >= 0.3 is 0 Å². The second kappa shape index (κ2) is 4.68. The first kappa shape index (κ1) is 11.2. The molecule has 1 amide bonds. The van der Waals surface area contributed by atoms with Crippen LogP contribution in [0.25, 0.3) is 0 Å². The molecule has 0 bridgehead atoms. The van der Waals surface area contributed by atoms with Crippen molar-refractivity contribution < 1.29 is 4.79 Å². The first-order valence-electron chi connectivity index (χ1n) is 5.94. The number of carbonyl (C=O) groups is 1. The second-order valence-electron chi connectivity index (χ2n) is 4.57. The third-order valence-electron chi connectivity index (χ3n) is 3.32. The van der Waals surface area contributed by atoms with Crippen molar-refractivity contribution in [2.75, 3.05) is 6.54 Å². The Bertz CT molecular complexity index is 360. The number of carbonyl (C=O) groups excluding carboxylic acids is 1. The number of hydrogen-bond donors (Lipinski definition) is 1. The highest BCUT2D eigenvalue weighted by Gasteiger charge is 2.24. The molecular weight excluding hydrogens is 202 g/mol. The van der Waals surface area contributed by atoms with Crippen molar-refractivity contribution in [3.8, 4) is 0 Å². The lowest BCUT2D eigenvalue weighted by Gasteiger charge is -2.23. The van der Waals surface area contributed by atoms with Crippen molar-refractivity contribution in [2.24, 2.45) is 13.0 Å². The zero-order valence-corrected chi connectivity index (χ0v) is 9.99. The SMILES string of the molecule is Cc1cc(CCNC(=O)C2CCC2)nn1C. The molecule has 0 unspecified atom stereocenters. The van der Waals surface area contributed by atoms with Crippen LogP contribution in [0.5, 0.6) is 0 Å². The summed E-state index contributed by atoms with van der Waals surface area (Å²) >= 11 is 0. The zero-order chi connectivity index (χ0) is 11.5. The molecule has 4 nitrogen and oxygen atoms in total. The first-order valence-corrected chi connectivity index (χ1v) is 5.94. The van der Waals surface area contributed by atoms with E-state index in [0.29, 0.717) is 6.54 Å². The maximum atomic E-state index is 11.6. The van der Waals surface area contributed by atoms with Crippen molar-refractivity contribution in [1.29, 1.82) is 0 Å². The number of amides is 1. The van der Waals surface area contributed by atoms with Crippen molar-refractivity contribution in [3.63, 3.8) is 0 Å². The largest absolute Gasteiger partial charge is 0.355 e. The van der Waals surface area contributed by atoms with Crippen LogP contribution in [0.15, 0.2) is 6.07 Å². The summed E-state index contributed by atoms with van der Waals surface area (Å²) in [6.07, 6.45) is 4.15. The number of rotatable bonds is 4. The molecule has 0 radical (unpaired) electrons. The summed E-state index contributed by atoms with van der Waals surface area (Å²) in [6.45, 7) is 2.73. The van der Waals surface area contributed by atoms with Crippen LogP contribution in [0.4, 0.5) is 0 Å². The molecule has 16 heavy (non-hydrogen) atoms. The lowest BCUT2D eigenvalue weighted by Crippen LogP contribution is -2.35. The molecule has 1 saturated carbocycles. The normalized spacial score (nSPS) is 15.9. The second-order valence-corrected chi connectivity index (χ2v) is 4.57. The molecule has 0 atom stereocenters. The van der Waals surface area contributed by atoms with Gasteiger partial charge in [0.1, 0.15) is 0 Å². The minimum Gasteiger partial charge on any atom is -0.355 e. The summed E-state index contributed by atoms with van der Waals surface area (Å²) in [6, 6.07) is 2.06. The van der Waals surface area contributed by atoms with E-state index in [2.05, 4.69) is 16.5 Å².